The van der Waals surface area contributed by atoms with Crippen molar-refractivity contribution in [3.8, 4) is 0 Å². The molecule has 2 atom stereocenters. The molecule has 0 N–H and O–H groups in total. The van der Waals surface area contributed by atoms with Gasteiger partial charge in [-0.3, -0.25) is 0 Å². The lowest BCUT2D eigenvalue weighted by molar-refractivity contribution is 0.413. The minimum absolute atomic E-state index is 0.591. The third-order valence-electron chi connectivity index (χ3n) is 8.33. The fourth-order valence-electron chi connectivity index (χ4n) is 5.82. The normalized spacial score (nSPS) is 13.3. The van der Waals surface area contributed by atoms with Crippen LogP contribution in [0.25, 0.3) is 0 Å². The van der Waals surface area contributed by atoms with E-state index in [0.29, 0.717) is 12.0 Å². The summed E-state index contributed by atoms with van der Waals surface area (Å²) in [5, 5.41) is 0. The quantitative estimate of drug-likeness (QED) is 0.109. The van der Waals surface area contributed by atoms with Crippen LogP contribution >= 0.6 is 0 Å². The topological polar surface area (TPSA) is 17.8 Å². The molecule has 0 aliphatic carbocycles. The maximum atomic E-state index is 4.95. The molecule has 0 fully saturated rings. The summed E-state index contributed by atoms with van der Waals surface area (Å²) < 4.78 is 2.56. The summed E-state index contributed by atoms with van der Waals surface area (Å²) in [6, 6.07) is 0.591. The zero-order valence-corrected chi connectivity index (χ0v) is 25.4. The molecule has 0 aliphatic rings. The molecule has 0 radical (unpaired) electrons. The second kappa shape index (κ2) is 24.5. The summed E-state index contributed by atoms with van der Waals surface area (Å²) in [5.41, 5.74) is 0. The largest absolute Gasteiger partial charge is 0.332 e. The fraction of sp³-hybridized carbons (Fsp3) is 0.912. The number of unbranched alkanes of at least 4 members (excludes halogenated alkanes) is 19. The van der Waals surface area contributed by atoms with Gasteiger partial charge in [-0.05, 0) is 26.2 Å². The van der Waals surface area contributed by atoms with Crippen molar-refractivity contribution in [3.63, 3.8) is 0 Å². The Labute approximate surface area is 227 Å². The summed E-state index contributed by atoms with van der Waals surface area (Å²) >= 11 is 0. The molecule has 0 bridgehead atoms. The Hall–Kier alpha value is -0.790. The van der Waals surface area contributed by atoms with Crippen LogP contribution in [0.5, 0.6) is 0 Å². The number of aromatic nitrogens is 2. The fourth-order valence-corrected chi connectivity index (χ4v) is 5.82. The van der Waals surface area contributed by atoms with Gasteiger partial charge in [0.1, 0.15) is 5.82 Å². The SMILES string of the molecule is CCCCCCCCCCCCCC(C)n1ccnc1C(CCCCCCC)CCCCCCCC. The molecule has 1 aromatic heterocycles. The van der Waals surface area contributed by atoms with Gasteiger partial charge in [0.2, 0.25) is 0 Å². The van der Waals surface area contributed by atoms with Crippen LogP contribution in [0.1, 0.15) is 206 Å². The maximum Gasteiger partial charge on any atom is 0.111 e. The van der Waals surface area contributed by atoms with Crippen molar-refractivity contribution in [1.82, 2.24) is 9.55 Å². The summed E-state index contributed by atoms with van der Waals surface area (Å²) in [5.74, 6) is 2.06. The van der Waals surface area contributed by atoms with E-state index in [1.54, 1.807) is 0 Å². The van der Waals surface area contributed by atoms with Gasteiger partial charge in [-0.15, -0.1) is 0 Å². The third kappa shape index (κ3) is 16.9. The van der Waals surface area contributed by atoms with Crippen molar-refractivity contribution < 1.29 is 0 Å². The molecule has 0 aromatic carbocycles. The van der Waals surface area contributed by atoms with Crippen LogP contribution in [-0.4, -0.2) is 9.55 Å². The highest BCUT2D eigenvalue weighted by atomic mass is 15.1. The number of rotatable bonds is 27. The summed E-state index contributed by atoms with van der Waals surface area (Å²) in [4.78, 5) is 4.95. The molecular formula is C34H66N2. The van der Waals surface area contributed by atoms with Gasteiger partial charge in [0, 0.05) is 24.4 Å². The van der Waals surface area contributed by atoms with Gasteiger partial charge in [-0.2, -0.15) is 0 Å². The molecule has 1 aromatic rings. The zero-order valence-electron chi connectivity index (χ0n) is 25.4. The van der Waals surface area contributed by atoms with Crippen LogP contribution in [0.4, 0.5) is 0 Å². The third-order valence-corrected chi connectivity index (χ3v) is 8.33. The molecular weight excluding hydrogens is 436 g/mol. The lowest BCUT2D eigenvalue weighted by Gasteiger charge is -2.22. The van der Waals surface area contributed by atoms with Crippen molar-refractivity contribution in [2.45, 2.75) is 200 Å². The van der Waals surface area contributed by atoms with Crippen LogP contribution in [0.3, 0.4) is 0 Å². The van der Waals surface area contributed by atoms with Crippen molar-refractivity contribution in [3.05, 3.63) is 18.2 Å². The lowest BCUT2D eigenvalue weighted by atomic mass is 9.93. The van der Waals surface area contributed by atoms with Gasteiger partial charge in [0.25, 0.3) is 0 Å². The first-order valence-corrected chi connectivity index (χ1v) is 16.8. The van der Waals surface area contributed by atoms with Gasteiger partial charge in [-0.1, -0.05) is 162 Å². The molecule has 36 heavy (non-hydrogen) atoms. The molecule has 0 amide bonds. The minimum Gasteiger partial charge on any atom is -0.332 e. The first-order valence-electron chi connectivity index (χ1n) is 16.8. The van der Waals surface area contributed by atoms with Crippen LogP contribution in [0, 0.1) is 0 Å². The standard InChI is InChI=1S/C34H66N2/c1-5-8-11-14-16-17-18-19-20-22-24-27-32(4)36-31-30-35-34(36)33(28-25-21-13-10-7-3)29-26-23-15-12-9-6-2/h30-33H,5-29H2,1-4H3. The monoisotopic (exact) mass is 503 g/mol. The Morgan fingerprint density at radius 3 is 1.31 bits per heavy atom. The van der Waals surface area contributed by atoms with E-state index in [9.17, 15) is 0 Å². The van der Waals surface area contributed by atoms with Crippen molar-refractivity contribution in [2.24, 2.45) is 0 Å². The minimum atomic E-state index is 0.591. The highest BCUT2D eigenvalue weighted by Crippen LogP contribution is 2.30. The molecule has 212 valence electrons. The van der Waals surface area contributed by atoms with Gasteiger partial charge >= 0.3 is 0 Å². The maximum absolute atomic E-state index is 4.95. The van der Waals surface area contributed by atoms with E-state index < -0.39 is 0 Å². The number of hydrogen-bond donors (Lipinski definition) is 0. The van der Waals surface area contributed by atoms with Gasteiger partial charge in [0.05, 0.1) is 0 Å². The Morgan fingerprint density at radius 2 is 0.889 bits per heavy atom. The first kappa shape index (κ1) is 33.2. The van der Waals surface area contributed by atoms with Crippen molar-refractivity contribution >= 4 is 0 Å². The van der Waals surface area contributed by atoms with E-state index >= 15 is 0 Å². The summed E-state index contributed by atoms with van der Waals surface area (Å²) in [6.45, 7) is 9.37. The van der Waals surface area contributed by atoms with Crippen molar-refractivity contribution in [2.75, 3.05) is 0 Å². The smallest absolute Gasteiger partial charge is 0.111 e. The predicted octanol–water partition coefficient (Wildman–Crippen LogP) is 12.3. The Kier molecular flexibility index (Phi) is 22.7. The van der Waals surface area contributed by atoms with Crippen molar-refractivity contribution in [1.29, 1.82) is 0 Å². The first-order chi connectivity index (χ1) is 17.7. The van der Waals surface area contributed by atoms with Crippen LogP contribution < -0.4 is 0 Å². The van der Waals surface area contributed by atoms with E-state index in [1.807, 2.05) is 0 Å². The number of hydrogen-bond acceptors (Lipinski definition) is 1. The van der Waals surface area contributed by atoms with E-state index in [4.69, 9.17) is 4.98 Å². The number of imidazole rings is 1. The second-order valence-corrected chi connectivity index (χ2v) is 11.8. The van der Waals surface area contributed by atoms with E-state index in [0.717, 1.165) is 0 Å². The van der Waals surface area contributed by atoms with Crippen LogP contribution in [-0.2, 0) is 0 Å². The molecule has 2 heteroatoms. The average Bonchev–Trinajstić information content (AvgIpc) is 3.38. The Morgan fingerprint density at radius 1 is 0.528 bits per heavy atom. The Balaban J connectivity index is 2.39. The predicted molar refractivity (Wildman–Crippen MR) is 162 cm³/mol. The molecule has 2 nitrogen and oxygen atoms in total. The molecule has 0 saturated carbocycles. The highest BCUT2D eigenvalue weighted by Gasteiger charge is 2.19. The second-order valence-electron chi connectivity index (χ2n) is 11.8. The van der Waals surface area contributed by atoms with Gasteiger partial charge < -0.3 is 4.57 Å². The molecule has 1 heterocycles. The number of nitrogens with zero attached hydrogens (tertiary/aromatic N) is 2. The summed E-state index contributed by atoms with van der Waals surface area (Å²) in [6.07, 6.45) is 39.3. The van der Waals surface area contributed by atoms with Gasteiger partial charge in [-0.25, -0.2) is 4.98 Å². The van der Waals surface area contributed by atoms with E-state index in [-0.39, 0.29) is 0 Å². The average molecular weight is 503 g/mol. The van der Waals surface area contributed by atoms with Gasteiger partial charge in [0.15, 0.2) is 0 Å². The van der Waals surface area contributed by atoms with Crippen LogP contribution in [0.15, 0.2) is 12.4 Å². The molecule has 0 saturated heterocycles. The molecule has 0 spiro atoms. The van der Waals surface area contributed by atoms with E-state index in [1.165, 1.54) is 166 Å². The molecule has 2 unspecified atom stereocenters. The zero-order chi connectivity index (χ0) is 26.1. The lowest BCUT2D eigenvalue weighted by Crippen LogP contribution is -2.13. The Bertz CT molecular complexity index is 563. The summed E-state index contributed by atoms with van der Waals surface area (Å²) in [7, 11) is 0. The van der Waals surface area contributed by atoms with E-state index in [2.05, 4.69) is 44.7 Å². The van der Waals surface area contributed by atoms with Crippen LogP contribution in [0.2, 0.25) is 0 Å². The molecule has 1 rings (SSSR count). The highest BCUT2D eigenvalue weighted by molar-refractivity contribution is 5.02. The molecule has 0 aliphatic heterocycles.